The first kappa shape index (κ1) is 27.0. The number of esters is 1. The highest BCUT2D eigenvalue weighted by atomic mass is 16.7. The predicted octanol–water partition coefficient (Wildman–Crippen LogP) is 4.97. The van der Waals surface area contributed by atoms with Crippen LogP contribution in [-0.4, -0.2) is 42.7 Å². The van der Waals surface area contributed by atoms with E-state index in [4.69, 9.17) is 19.9 Å². The molecule has 4 rings (SSSR count). The zero-order valence-electron chi connectivity index (χ0n) is 21.7. The standard InChI is InChI=1S/C31H34N2O5/c1-31(2,18-22-14-15-23-8-3-4-9-24(23)16-22)33-19-26(34)20-36-27-11-7-10-25(17-27)30(35)38-21-37-29-13-6-5-12-28(29)32/h3-17,26,33-34H,18-21,32H2,1-2H3/t26-/m1/s1. The second kappa shape index (κ2) is 12.4. The topological polar surface area (TPSA) is 103 Å². The summed E-state index contributed by atoms with van der Waals surface area (Å²) in [5.74, 6) is 0.352. The highest BCUT2D eigenvalue weighted by molar-refractivity contribution is 5.89. The number of carbonyl (C=O) groups is 1. The summed E-state index contributed by atoms with van der Waals surface area (Å²) < 4.78 is 16.3. The molecule has 0 amide bonds. The van der Waals surface area contributed by atoms with Crippen LogP contribution in [0.15, 0.2) is 91.0 Å². The van der Waals surface area contributed by atoms with Gasteiger partial charge in [-0.3, -0.25) is 0 Å². The van der Waals surface area contributed by atoms with Crippen molar-refractivity contribution < 1.29 is 24.1 Å². The fraction of sp³-hybridized carbons (Fsp3) is 0.258. The maximum absolute atomic E-state index is 12.4. The molecule has 0 aliphatic carbocycles. The van der Waals surface area contributed by atoms with E-state index in [9.17, 15) is 9.90 Å². The van der Waals surface area contributed by atoms with Gasteiger partial charge in [-0.15, -0.1) is 0 Å². The third-order valence-electron chi connectivity index (χ3n) is 6.11. The molecule has 7 nitrogen and oxygen atoms in total. The number of nitrogens with two attached hydrogens (primary N) is 1. The molecule has 0 aromatic heterocycles. The lowest BCUT2D eigenvalue weighted by molar-refractivity contribution is 0.0155. The molecule has 0 saturated carbocycles. The van der Waals surface area contributed by atoms with E-state index in [1.807, 2.05) is 12.1 Å². The van der Waals surface area contributed by atoms with E-state index in [1.54, 1.807) is 48.5 Å². The van der Waals surface area contributed by atoms with Gasteiger partial charge in [-0.2, -0.15) is 0 Å². The Labute approximate surface area is 223 Å². The molecule has 7 heteroatoms. The summed E-state index contributed by atoms with van der Waals surface area (Å²) in [6.07, 6.45) is 0.0853. The lowest BCUT2D eigenvalue weighted by Crippen LogP contribution is -2.46. The molecule has 198 valence electrons. The molecule has 4 N–H and O–H groups in total. The first-order valence-electron chi connectivity index (χ1n) is 12.6. The maximum Gasteiger partial charge on any atom is 0.341 e. The molecule has 0 radical (unpaired) electrons. The molecular formula is C31H34N2O5. The zero-order chi connectivity index (χ0) is 27.0. The molecule has 0 unspecified atom stereocenters. The van der Waals surface area contributed by atoms with Crippen LogP contribution in [0, 0.1) is 0 Å². The number of nitrogens with one attached hydrogen (secondary N) is 1. The molecule has 0 aliphatic rings. The summed E-state index contributed by atoms with van der Waals surface area (Å²) in [4.78, 5) is 12.4. The number of hydrogen-bond donors (Lipinski definition) is 3. The molecule has 0 spiro atoms. The van der Waals surface area contributed by atoms with Crippen LogP contribution in [0.2, 0.25) is 0 Å². The van der Waals surface area contributed by atoms with Gasteiger partial charge >= 0.3 is 5.97 Å². The maximum atomic E-state index is 12.4. The van der Waals surface area contributed by atoms with Gasteiger partial charge in [-0.1, -0.05) is 60.7 Å². The Morgan fingerprint density at radius 3 is 2.50 bits per heavy atom. The van der Waals surface area contributed by atoms with Crippen molar-refractivity contribution in [1.29, 1.82) is 0 Å². The van der Waals surface area contributed by atoms with Crippen LogP contribution in [0.3, 0.4) is 0 Å². The number of hydrogen-bond acceptors (Lipinski definition) is 7. The fourth-order valence-corrected chi connectivity index (χ4v) is 4.12. The van der Waals surface area contributed by atoms with Gasteiger partial charge < -0.3 is 30.4 Å². The van der Waals surface area contributed by atoms with Crippen LogP contribution < -0.4 is 20.5 Å². The minimum atomic E-state index is -0.730. The minimum absolute atomic E-state index is 0.0773. The Kier molecular flexibility index (Phi) is 8.84. The summed E-state index contributed by atoms with van der Waals surface area (Å²) in [5, 5.41) is 16.4. The number of aliphatic hydroxyl groups is 1. The summed E-state index contributed by atoms with van der Waals surface area (Å²) in [6.45, 7) is 4.40. The van der Waals surface area contributed by atoms with Crippen LogP contribution in [0.1, 0.15) is 29.8 Å². The lowest BCUT2D eigenvalue weighted by atomic mass is 9.93. The van der Waals surface area contributed by atoms with Crippen LogP contribution in [0.4, 0.5) is 5.69 Å². The monoisotopic (exact) mass is 514 g/mol. The van der Waals surface area contributed by atoms with Crippen molar-refractivity contribution in [2.45, 2.75) is 31.9 Å². The number of anilines is 1. The first-order valence-corrected chi connectivity index (χ1v) is 12.6. The van der Waals surface area contributed by atoms with Gasteiger partial charge in [0.1, 0.15) is 24.2 Å². The van der Waals surface area contributed by atoms with Gasteiger partial charge in [-0.25, -0.2) is 4.79 Å². The Hall–Kier alpha value is -4.07. The number of aliphatic hydroxyl groups excluding tert-OH is 1. The van der Waals surface area contributed by atoms with Crippen molar-refractivity contribution in [3.63, 3.8) is 0 Å². The van der Waals surface area contributed by atoms with Crippen molar-refractivity contribution >= 4 is 22.4 Å². The summed E-state index contributed by atoms with van der Waals surface area (Å²) >= 11 is 0. The molecule has 0 aliphatic heterocycles. The molecule has 38 heavy (non-hydrogen) atoms. The van der Waals surface area contributed by atoms with Gasteiger partial charge in [0.15, 0.2) is 0 Å². The Morgan fingerprint density at radius 1 is 0.921 bits per heavy atom. The molecule has 1 atom stereocenters. The van der Waals surface area contributed by atoms with E-state index in [0.717, 1.165) is 6.42 Å². The molecule has 0 bridgehead atoms. The van der Waals surface area contributed by atoms with Crippen LogP contribution in [0.5, 0.6) is 11.5 Å². The van der Waals surface area contributed by atoms with Gasteiger partial charge in [0.25, 0.3) is 0 Å². The van der Waals surface area contributed by atoms with E-state index in [-0.39, 0.29) is 18.9 Å². The second-order valence-electron chi connectivity index (χ2n) is 9.85. The van der Waals surface area contributed by atoms with E-state index in [1.165, 1.54) is 16.3 Å². The molecule has 0 saturated heterocycles. The van der Waals surface area contributed by atoms with Crippen molar-refractivity contribution in [2.24, 2.45) is 0 Å². The first-order chi connectivity index (χ1) is 18.3. The SMILES string of the molecule is CC(C)(Cc1ccc2ccccc2c1)NC[C@@H](O)COc1cccc(C(=O)OCOc2ccccc2N)c1. The normalized spacial score (nSPS) is 12.2. The molecule has 0 fully saturated rings. The number of ether oxygens (including phenoxy) is 3. The molecule has 4 aromatic rings. The highest BCUT2D eigenvalue weighted by Crippen LogP contribution is 2.21. The number of fused-ring (bicyclic) bond motifs is 1. The van der Waals surface area contributed by atoms with Crippen LogP contribution >= 0.6 is 0 Å². The predicted molar refractivity (Wildman–Crippen MR) is 149 cm³/mol. The van der Waals surface area contributed by atoms with E-state index >= 15 is 0 Å². The number of benzene rings is 4. The summed E-state index contributed by atoms with van der Waals surface area (Å²) in [7, 11) is 0. The average molecular weight is 515 g/mol. The fourth-order valence-electron chi connectivity index (χ4n) is 4.12. The zero-order valence-corrected chi connectivity index (χ0v) is 21.7. The van der Waals surface area contributed by atoms with Gasteiger partial charge in [0.05, 0.1) is 11.3 Å². The summed E-state index contributed by atoms with van der Waals surface area (Å²) in [5.41, 5.74) is 7.60. The van der Waals surface area contributed by atoms with E-state index < -0.39 is 12.1 Å². The minimum Gasteiger partial charge on any atom is -0.491 e. The van der Waals surface area contributed by atoms with Gasteiger partial charge in [0, 0.05) is 12.1 Å². The highest BCUT2D eigenvalue weighted by Gasteiger charge is 2.20. The van der Waals surface area contributed by atoms with E-state index in [0.29, 0.717) is 29.3 Å². The molecule has 4 aromatic carbocycles. The largest absolute Gasteiger partial charge is 0.491 e. The Bertz CT molecular complexity index is 1370. The second-order valence-corrected chi connectivity index (χ2v) is 9.85. The number of β-amino-alcohol motifs (C(OH)–C–C–N with tert-alkyl or cyclic N) is 1. The number of rotatable bonds is 12. The Balaban J connectivity index is 1.22. The third-order valence-corrected chi connectivity index (χ3v) is 6.11. The molecular weight excluding hydrogens is 480 g/mol. The molecule has 0 heterocycles. The van der Waals surface area contributed by atoms with Gasteiger partial charge in [0.2, 0.25) is 6.79 Å². The van der Waals surface area contributed by atoms with Crippen LogP contribution in [-0.2, 0) is 11.2 Å². The van der Waals surface area contributed by atoms with E-state index in [2.05, 4.69) is 49.5 Å². The average Bonchev–Trinajstić information content (AvgIpc) is 2.91. The van der Waals surface area contributed by atoms with Crippen molar-refractivity contribution in [3.8, 4) is 11.5 Å². The van der Waals surface area contributed by atoms with Crippen LogP contribution in [0.25, 0.3) is 10.8 Å². The number of para-hydroxylation sites is 2. The van der Waals surface area contributed by atoms with Crippen molar-refractivity contribution in [3.05, 3.63) is 102 Å². The quantitative estimate of drug-likeness (QED) is 0.139. The summed E-state index contributed by atoms with van der Waals surface area (Å²) in [6, 6.07) is 28.4. The number of nitrogen functional groups attached to an aromatic ring is 1. The third kappa shape index (κ3) is 7.71. The lowest BCUT2D eigenvalue weighted by Gasteiger charge is -2.28. The Morgan fingerprint density at radius 2 is 1.68 bits per heavy atom. The van der Waals surface area contributed by atoms with Crippen molar-refractivity contribution in [1.82, 2.24) is 5.32 Å². The smallest absolute Gasteiger partial charge is 0.341 e. The number of carbonyl (C=O) groups excluding carboxylic acids is 1. The van der Waals surface area contributed by atoms with Gasteiger partial charge in [-0.05, 0) is 66.9 Å². The van der Waals surface area contributed by atoms with Crippen molar-refractivity contribution in [2.75, 3.05) is 25.7 Å².